The molecule has 1 aromatic heterocycles. The van der Waals surface area contributed by atoms with Crippen LogP contribution < -0.4 is 14.8 Å². The molecule has 0 unspecified atom stereocenters. The van der Waals surface area contributed by atoms with Crippen LogP contribution in [0, 0.1) is 0 Å². The van der Waals surface area contributed by atoms with Crippen molar-refractivity contribution in [3.8, 4) is 11.5 Å². The zero-order valence-corrected chi connectivity index (χ0v) is 11.0. The van der Waals surface area contributed by atoms with E-state index >= 15 is 0 Å². The molecule has 2 aromatic rings. The maximum Gasteiger partial charge on any atom is 0.231 e. The number of aryl methyl sites for hydroxylation is 1. The number of benzene rings is 1. The third-order valence-corrected chi connectivity index (χ3v) is 4.13. The van der Waals surface area contributed by atoms with E-state index in [1.807, 2.05) is 29.5 Å². The summed E-state index contributed by atoms with van der Waals surface area (Å²) in [5, 5.41) is 3.40. The fraction of sp³-hybridized carbons (Fsp3) is 0.286. The molecule has 0 bridgehead atoms. The van der Waals surface area contributed by atoms with Gasteiger partial charge in [0.05, 0.1) is 0 Å². The lowest BCUT2D eigenvalue weighted by Gasteiger charge is -2.05. The van der Waals surface area contributed by atoms with Crippen LogP contribution in [0.2, 0.25) is 0 Å². The number of hydrogen-bond donors (Lipinski definition) is 1. The number of nitrogens with one attached hydrogen (secondary N) is 1. The molecule has 0 saturated heterocycles. The minimum atomic E-state index is 0.323. The zero-order valence-electron chi connectivity index (χ0n) is 10.2. The van der Waals surface area contributed by atoms with Crippen molar-refractivity contribution in [3.63, 3.8) is 0 Å². The summed E-state index contributed by atoms with van der Waals surface area (Å²) >= 11 is 1.86. The molecule has 3 rings (SSSR count). The molecule has 4 heteroatoms. The van der Waals surface area contributed by atoms with Crippen molar-refractivity contribution in [3.05, 3.63) is 40.1 Å². The van der Waals surface area contributed by atoms with Gasteiger partial charge < -0.3 is 14.8 Å². The van der Waals surface area contributed by atoms with Gasteiger partial charge in [-0.15, -0.1) is 11.3 Å². The van der Waals surface area contributed by atoms with Crippen LogP contribution in [0.3, 0.4) is 0 Å². The summed E-state index contributed by atoms with van der Waals surface area (Å²) in [6, 6.07) is 10.3. The average Bonchev–Trinajstić information content (AvgIpc) is 3.04. The minimum absolute atomic E-state index is 0.323. The zero-order chi connectivity index (χ0) is 12.4. The van der Waals surface area contributed by atoms with E-state index in [1.54, 1.807) is 0 Å². The van der Waals surface area contributed by atoms with Crippen LogP contribution >= 0.6 is 11.3 Å². The average molecular weight is 261 g/mol. The Morgan fingerprint density at radius 3 is 2.78 bits per heavy atom. The summed E-state index contributed by atoms with van der Waals surface area (Å²) < 4.78 is 10.6. The molecule has 0 spiro atoms. The molecule has 94 valence electrons. The van der Waals surface area contributed by atoms with Gasteiger partial charge in [-0.3, -0.25) is 0 Å². The van der Waals surface area contributed by atoms with Gasteiger partial charge >= 0.3 is 0 Å². The Morgan fingerprint density at radius 2 is 1.94 bits per heavy atom. The van der Waals surface area contributed by atoms with E-state index in [-0.39, 0.29) is 0 Å². The number of rotatable bonds is 4. The smallest absolute Gasteiger partial charge is 0.231 e. The first-order chi connectivity index (χ1) is 8.85. The Kier molecular flexibility index (Phi) is 3.11. The molecule has 0 radical (unpaired) electrons. The van der Waals surface area contributed by atoms with Crippen molar-refractivity contribution >= 4 is 17.0 Å². The minimum Gasteiger partial charge on any atom is -0.454 e. The molecular formula is C14H15NO2S. The second-order valence-electron chi connectivity index (χ2n) is 4.14. The van der Waals surface area contributed by atoms with Crippen LogP contribution in [-0.2, 0) is 13.0 Å². The quantitative estimate of drug-likeness (QED) is 0.911. The van der Waals surface area contributed by atoms with Crippen molar-refractivity contribution in [2.75, 3.05) is 12.1 Å². The van der Waals surface area contributed by atoms with Gasteiger partial charge in [-0.2, -0.15) is 0 Å². The summed E-state index contributed by atoms with van der Waals surface area (Å²) in [7, 11) is 0. The van der Waals surface area contributed by atoms with Gasteiger partial charge in [-0.25, -0.2) is 0 Å². The predicted octanol–water partition coefficient (Wildman–Crippen LogP) is 3.65. The fourth-order valence-corrected chi connectivity index (χ4v) is 2.80. The second kappa shape index (κ2) is 4.90. The lowest BCUT2D eigenvalue weighted by Crippen LogP contribution is -1.97. The number of fused-ring (bicyclic) bond motifs is 1. The molecule has 0 amide bonds. The lowest BCUT2D eigenvalue weighted by atomic mass is 10.2. The number of hydrogen-bond acceptors (Lipinski definition) is 4. The highest BCUT2D eigenvalue weighted by Gasteiger charge is 2.12. The second-order valence-corrected chi connectivity index (χ2v) is 5.40. The highest BCUT2D eigenvalue weighted by molar-refractivity contribution is 7.12. The molecule has 0 fully saturated rings. The number of anilines is 1. The fourth-order valence-electron chi connectivity index (χ4n) is 1.90. The van der Waals surface area contributed by atoms with Gasteiger partial charge in [0.1, 0.15) is 0 Å². The Morgan fingerprint density at radius 1 is 1.11 bits per heavy atom. The van der Waals surface area contributed by atoms with Crippen LogP contribution in [0.25, 0.3) is 0 Å². The Hall–Kier alpha value is -1.68. The molecule has 2 heterocycles. The number of ether oxygens (including phenoxy) is 2. The van der Waals surface area contributed by atoms with E-state index in [0.717, 1.165) is 30.2 Å². The van der Waals surface area contributed by atoms with Crippen molar-refractivity contribution in [2.45, 2.75) is 19.9 Å². The van der Waals surface area contributed by atoms with E-state index in [2.05, 4.69) is 24.4 Å². The maximum atomic E-state index is 5.35. The summed E-state index contributed by atoms with van der Waals surface area (Å²) in [5.41, 5.74) is 1.06. The van der Waals surface area contributed by atoms with Crippen molar-refractivity contribution in [1.29, 1.82) is 0 Å². The largest absolute Gasteiger partial charge is 0.454 e. The highest BCUT2D eigenvalue weighted by atomic mass is 32.1. The molecular weight excluding hydrogens is 246 g/mol. The highest BCUT2D eigenvalue weighted by Crippen LogP contribution is 2.34. The molecule has 18 heavy (non-hydrogen) atoms. The predicted molar refractivity (Wildman–Crippen MR) is 73.6 cm³/mol. The maximum absolute atomic E-state index is 5.35. The standard InChI is InChI=1S/C14H15NO2S/c1-2-11-4-5-12(18-11)8-15-10-3-6-13-14(7-10)17-9-16-13/h3-7,15H,2,8-9H2,1H3. The van der Waals surface area contributed by atoms with E-state index in [1.165, 1.54) is 9.75 Å². The van der Waals surface area contributed by atoms with Crippen LogP contribution in [0.15, 0.2) is 30.3 Å². The first-order valence-corrected chi connectivity index (χ1v) is 6.88. The van der Waals surface area contributed by atoms with Crippen LogP contribution in [-0.4, -0.2) is 6.79 Å². The van der Waals surface area contributed by atoms with Crippen molar-refractivity contribution in [1.82, 2.24) is 0 Å². The summed E-state index contributed by atoms with van der Waals surface area (Å²) in [5.74, 6) is 1.64. The van der Waals surface area contributed by atoms with E-state index < -0.39 is 0 Å². The normalized spacial score (nSPS) is 12.7. The molecule has 1 aliphatic rings. The first kappa shape index (κ1) is 11.4. The molecule has 0 saturated carbocycles. The summed E-state index contributed by atoms with van der Waals surface area (Å²) in [6.07, 6.45) is 1.11. The van der Waals surface area contributed by atoms with Gasteiger partial charge in [0.15, 0.2) is 11.5 Å². The Labute approximate surface area is 110 Å². The van der Waals surface area contributed by atoms with Crippen molar-refractivity contribution in [2.24, 2.45) is 0 Å². The van der Waals surface area contributed by atoms with Crippen LogP contribution in [0.5, 0.6) is 11.5 Å². The van der Waals surface area contributed by atoms with Gasteiger partial charge in [-0.1, -0.05) is 6.92 Å². The molecule has 1 N–H and O–H groups in total. The Bertz CT molecular complexity index is 550. The van der Waals surface area contributed by atoms with Gasteiger partial charge in [-0.05, 0) is 30.7 Å². The van der Waals surface area contributed by atoms with Gasteiger partial charge in [0.2, 0.25) is 6.79 Å². The summed E-state index contributed by atoms with van der Waals surface area (Å²) in [6.45, 7) is 3.36. The van der Waals surface area contributed by atoms with E-state index in [0.29, 0.717) is 6.79 Å². The third kappa shape index (κ3) is 2.29. The first-order valence-electron chi connectivity index (χ1n) is 6.06. The molecule has 1 aliphatic heterocycles. The monoisotopic (exact) mass is 261 g/mol. The molecule has 0 aliphatic carbocycles. The molecule has 3 nitrogen and oxygen atoms in total. The topological polar surface area (TPSA) is 30.5 Å². The molecule has 1 aromatic carbocycles. The lowest BCUT2D eigenvalue weighted by molar-refractivity contribution is 0.174. The summed E-state index contributed by atoms with van der Waals surface area (Å²) in [4.78, 5) is 2.78. The van der Waals surface area contributed by atoms with E-state index in [4.69, 9.17) is 9.47 Å². The number of thiophene rings is 1. The van der Waals surface area contributed by atoms with Gasteiger partial charge in [0.25, 0.3) is 0 Å². The van der Waals surface area contributed by atoms with E-state index in [9.17, 15) is 0 Å². The SMILES string of the molecule is CCc1ccc(CNc2ccc3c(c2)OCO3)s1. The van der Waals surface area contributed by atoms with Crippen LogP contribution in [0.4, 0.5) is 5.69 Å². The third-order valence-electron chi connectivity index (χ3n) is 2.91. The van der Waals surface area contributed by atoms with Gasteiger partial charge in [0, 0.05) is 28.1 Å². The molecule has 0 atom stereocenters. The Balaban J connectivity index is 1.66. The van der Waals surface area contributed by atoms with Crippen molar-refractivity contribution < 1.29 is 9.47 Å². The van der Waals surface area contributed by atoms with Crippen LogP contribution in [0.1, 0.15) is 16.7 Å².